The van der Waals surface area contributed by atoms with Gasteiger partial charge >= 0.3 is 0 Å². The van der Waals surface area contributed by atoms with Gasteiger partial charge in [-0.15, -0.1) is 0 Å². The van der Waals surface area contributed by atoms with Crippen molar-refractivity contribution >= 4 is 0 Å². The lowest BCUT2D eigenvalue weighted by molar-refractivity contribution is 0.173. The lowest BCUT2D eigenvalue weighted by Crippen LogP contribution is -1.94. The molecule has 0 unspecified atom stereocenters. The Balaban J connectivity index is 2.26. The van der Waals surface area contributed by atoms with Crippen molar-refractivity contribution < 1.29 is 5.11 Å². The molecule has 0 amide bonds. The quantitative estimate of drug-likeness (QED) is 0.820. The summed E-state index contributed by atoms with van der Waals surface area (Å²) in [6, 6.07) is 18.4. The largest absolute Gasteiger partial charge is 0.388 e. The van der Waals surface area contributed by atoms with Gasteiger partial charge < -0.3 is 5.11 Å². The predicted molar refractivity (Wildman–Crippen MR) is 67.1 cm³/mol. The Morgan fingerprint density at radius 3 is 2.00 bits per heavy atom. The van der Waals surface area contributed by atoms with Gasteiger partial charge in [0.15, 0.2) is 0 Å². The van der Waals surface area contributed by atoms with Crippen LogP contribution in [0, 0.1) is 0 Å². The van der Waals surface area contributed by atoms with Gasteiger partial charge in [-0.25, -0.2) is 0 Å². The van der Waals surface area contributed by atoms with E-state index in [2.05, 4.69) is 24.3 Å². The minimum Gasteiger partial charge on any atom is -0.388 e. The van der Waals surface area contributed by atoms with Crippen LogP contribution in [0.15, 0.2) is 54.6 Å². The van der Waals surface area contributed by atoms with E-state index in [0.29, 0.717) is 0 Å². The first kappa shape index (κ1) is 10.9. The molecular formula is C15H16O. The highest BCUT2D eigenvalue weighted by atomic mass is 16.3. The molecule has 1 N–H and O–H groups in total. The zero-order chi connectivity index (χ0) is 11.4. The molecule has 0 aliphatic carbocycles. The number of rotatable bonds is 3. The lowest BCUT2D eigenvalue weighted by Gasteiger charge is -2.09. The van der Waals surface area contributed by atoms with Crippen molar-refractivity contribution in [1.29, 1.82) is 0 Å². The van der Waals surface area contributed by atoms with Crippen LogP contribution in [0.1, 0.15) is 25.0 Å². The van der Waals surface area contributed by atoms with Gasteiger partial charge in [0.2, 0.25) is 0 Å². The molecule has 0 heterocycles. The molecule has 0 bridgehead atoms. The average Bonchev–Trinajstić information content (AvgIpc) is 2.39. The molecule has 16 heavy (non-hydrogen) atoms. The van der Waals surface area contributed by atoms with Crippen LogP contribution in [-0.2, 0) is 0 Å². The van der Waals surface area contributed by atoms with E-state index in [9.17, 15) is 5.11 Å². The standard InChI is InChI=1S/C15H16O/c1-2-15(16)14-10-8-13(9-11-14)12-6-4-3-5-7-12/h3-11,15-16H,2H2,1H3/t15-/m1/s1. The molecule has 1 nitrogen and oxygen atoms in total. The van der Waals surface area contributed by atoms with Gasteiger partial charge in [0.05, 0.1) is 6.10 Å². The summed E-state index contributed by atoms with van der Waals surface area (Å²) >= 11 is 0. The summed E-state index contributed by atoms with van der Waals surface area (Å²) in [5.41, 5.74) is 3.38. The van der Waals surface area contributed by atoms with E-state index in [1.165, 1.54) is 11.1 Å². The second-order valence-corrected chi connectivity index (χ2v) is 3.91. The molecule has 0 fully saturated rings. The first-order valence-corrected chi connectivity index (χ1v) is 5.64. The van der Waals surface area contributed by atoms with Crippen molar-refractivity contribution in [3.8, 4) is 11.1 Å². The Morgan fingerprint density at radius 1 is 0.875 bits per heavy atom. The second-order valence-electron chi connectivity index (χ2n) is 3.91. The van der Waals surface area contributed by atoms with E-state index < -0.39 is 0 Å². The van der Waals surface area contributed by atoms with Crippen molar-refractivity contribution in [1.82, 2.24) is 0 Å². The normalized spacial score (nSPS) is 12.4. The summed E-state index contributed by atoms with van der Waals surface area (Å²) in [6.45, 7) is 1.98. The predicted octanol–water partition coefficient (Wildman–Crippen LogP) is 3.80. The summed E-state index contributed by atoms with van der Waals surface area (Å²) in [5.74, 6) is 0. The maximum absolute atomic E-state index is 9.69. The van der Waals surface area contributed by atoms with E-state index in [4.69, 9.17) is 0 Å². The number of aliphatic hydroxyl groups is 1. The average molecular weight is 212 g/mol. The highest BCUT2D eigenvalue weighted by Crippen LogP contribution is 2.22. The van der Waals surface area contributed by atoms with Crippen molar-refractivity contribution in [3.05, 3.63) is 60.2 Å². The fourth-order valence-corrected chi connectivity index (χ4v) is 1.76. The van der Waals surface area contributed by atoms with Crippen LogP contribution in [0.3, 0.4) is 0 Å². The van der Waals surface area contributed by atoms with Gasteiger partial charge in [0.1, 0.15) is 0 Å². The van der Waals surface area contributed by atoms with Gasteiger partial charge in [0.25, 0.3) is 0 Å². The first-order chi connectivity index (χ1) is 7.81. The molecule has 1 heteroatoms. The van der Waals surface area contributed by atoms with Gasteiger partial charge in [-0.2, -0.15) is 0 Å². The van der Waals surface area contributed by atoms with Crippen molar-refractivity contribution in [2.24, 2.45) is 0 Å². The van der Waals surface area contributed by atoms with Crippen LogP contribution in [0.25, 0.3) is 11.1 Å². The molecule has 0 aromatic heterocycles. The van der Waals surface area contributed by atoms with E-state index in [0.717, 1.165) is 12.0 Å². The van der Waals surface area contributed by atoms with E-state index in [-0.39, 0.29) is 6.10 Å². The van der Waals surface area contributed by atoms with Crippen molar-refractivity contribution in [2.45, 2.75) is 19.4 Å². The SMILES string of the molecule is CC[C@@H](O)c1ccc(-c2ccccc2)cc1. The monoisotopic (exact) mass is 212 g/mol. The van der Waals surface area contributed by atoms with Crippen LogP contribution < -0.4 is 0 Å². The minimum absolute atomic E-state index is 0.343. The van der Waals surface area contributed by atoms with Crippen molar-refractivity contribution in [2.75, 3.05) is 0 Å². The molecule has 0 saturated heterocycles. The second kappa shape index (κ2) is 4.95. The van der Waals surface area contributed by atoms with Crippen molar-refractivity contribution in [3.63, 3.8) is 0 Å². The minimum atomic E-state index is -0.343. The van der Waals surface area contributed by atoms with Gasteiger partial charge in [-0.1, -0.05) is 61.5 Å². The Bertz CT molecular complexity index is 431. The molecule has 0 spiro atoms. The van der Waals surface area contributed by atoms with E-state index in [1.807, 2.05) is 37.3 Å². The fraction of sp³-hybridized carbons (Fsp3) is 0.200. The number of benzene rings is 2. The zero-order valence-corrected chi connectivity index (χ0v) is 9.43. The summed E-state index contributed by atoms with van der Waals surface area (Å²) in [5, 5.41) is 9.69. The Morgan fingerprint density at radius 2 is 1.44 bits per heavy atom. The molecule has 0 radical (unpaired) electrons. The molecule has 0 saturated carbocycles. The highest BCUT2D eigenvalue weighted by molar-refractivity contribution is 5.63. The van der Waals surface area contributed by atoms with Crippen LogP contribution >= 0.6 is 0 Å². The lowest BCUT2D eigenvalue weighted by atomic mass is 10.0. The molecular weight excluding hydrogens is 196 g/mol. The summed E-state index contributed by atoms with van der Waals surface area (Å²) < 4.78 is 0. The molecule has 82 valence electrons. The number of hydrogen-bond donors (Lipinski definition) is 1. The van der Waals surface area contributed by atoms with Crippen LogP contribution in [0.4, 0.5) is 0 Å². The Labute approximate surface area is 96.4 Å². The maximum atomic E-state index is 9.69. The van der Waals surface area contributed by atoms with Gasteiger partial charge in [-0.3, -0.25) is 0 Å². The third-order valence-electron chi connectivity index (χ3n) is 2.79. The van der Waals surface area contributed by atoms with Crippen LogP contribution in [0.2, 0.25) is 0 Å². The fourth-order valence-electron chi connectivity index (χ4n) is 1.76. The molecule has 2 aromatic rings. The Kier molecular flexibility index (Phi) is 3.37. The van der Waals surface area contributed by atoms with Crippen LogP contribution in [0.5, 0.6) is 0 Å². The molecule has 2 aromatic carbocycles. The number of hydrogen-bond acceptors (Lipinski definition) is 1. The summed E-state index contributed by atoms with van der Waals surface area (Å²) in [6.07, 6.45) is 0.412. The van der Waals surface area contributed by atoms with E-state index >= 15 is 0 Å². The maximum Gasteiger partial charge on any atom is 0.0787 e. The third-order valence-corrected chi connectivity index (χ3v) is 2.79. The topological polar surface area (TPSA) is 20.2 Å². The third kappa shape index (κ3) is 2.31. The van der Waals surface area contributed by atoms with Crippen LogP contribution in [-0.4, -0.2) is 5.11 Å². The summed E-state index contributed by atoms with van der Waals surface area (Å²) in [4.78, 5) is 0. The molecule has 0 aliphatic rings. The highest BCUT2D eigenvalue weighted by Gasteiger charge is 2.04. The molecule has 2 rings (SSSR count). The molecule has 0 aliphatic heterocycles. The first-order valence-electron chi connectivity index (χ1n) is 5.64. The summed E-state index contributed by atoms with van der Waals surface area (Å²) in [7, 11) is 0. The smallest absolute Gasteiger partial charge is 0.0787 e. The van der Waals surface area contributed by atoms with E-state index in [1.54, 1.807) is 0 Å². The zero-order valence-electron chi connectivity index (χ0n) is 9.43. The molecule has 1 atom stereocenters. The Hall–Kier alpha value is -1.60. The number of aliphatic hydroxyl groups excluding tert-OH is 1. The van der Waals surface area contributed by atoms with Gasteiger partial charge in [0, 0.05) is 0 Å². The van der Waals surface area contributed by atoms with Gasteiger partial charge in [-0.05, 0) is 23.1 Å².